The summed E-state index contributed by atoms with van der Waals surface area (Å²) in [5.41, 5.74) is 1.12. The first-order valence-electron chi connectivity index (χ1n) is 6.49. The molecule has 0 aromatic rings. The number of ether oxygens (including phenoxy) is 2. The normalized spacial score (nSPS) is 43.4. The lowest BCUT2D eigenvalue weighted by Crippen LogP contribution is -2.44. The fourth-order valence-electron chi connectivity index (χ4n) is 3.53. The molecular formula is C13H22O2. The minimum atomic E-state index is 0.0766. The average molecular weight is 210 g/mol. The zero-order valence-corrected chi connectivity index (χ0v) is 9.76. The van der Waals surface area contributed by atoms with Gasteiger partial charge < -0.3 is 9.47 Å². The van der Waals surface area contributed by atoms with Crippen LogP contribution in [0.5, 0.6) is 0 Å². The summed E-state index contributed by atoms with van der Waals surface area (Å²) in [5, 5.41) is 0. The Labute approximate surface area is 92.3 Å². The smallest absolute Gasteiger partial charge is 0.157 e. The zero-order valence-electron chi connectivity index (χ0n) is 9.76. The molecule has 0 bridgehead atoms. The first kappa shape index (κ1) is 10.1. The van der Waals surface area contributed by atoms with Gasteiger partial charge in [0.25, 0.3) is 0 Å². The van der Waals surface area contributed by atoms with Gasteiger partial charge in [0, 0.05) is 5.41 Å². The van der Waals surface area contributed by atoms with Gasteiger partial charge in [0.15, 0.2) is 6.29 Å². The SMILES string of the molecule is CCC1OCC2(CCCC3(CC3)C2)CO1. The molecule has 15 heavy (non-hydrogen) atoms. The van der Waals surface area contributed by atoms with Crippen molar-refractivity contribution in [1.82, 2.24) is 0 Å². The second kappa shape index (κ2) is 3.46. The fourth-order valence-corrected chi connectivity index (χ4v) is 3.53. The third-order valence-electron chi connectivity index (χ3n) is 4.61. The molecular weight excluding hydrogens is 188 g/mol. The van der Waals surface area contributed by atoms with Gasteiger partial charge in [-0.2, -0.15) is 0 Å². The molecule has 2 saturated carbocycles. The Morgan fingerprint density at radius 3 is 2.27 bits per heavy atom. The topological polar surface area (TPSA) is 18.5 Å². The van der Waals surface area contributed by atoms with Crippen LogP contribution in [0.2, 0.25) is 0 Å². The summed E-state index contributed by atoms with van der Waals surface area (Å²) < 4.78 is 11.6. The maximum Gasteiger partial charge on any atom is 0.157 e. The predicted octanol–water partition coefficient (Wildman–Crippen LogP) is 3.11. The van der Waals surface area contributed by atoms with Crippen LogP contribution in [-0.4, -0.2) is 19.5 Å². The van der Waals surface area contributed by atoms with Crippen molar-refractivity contribution in [3.05, 3.63) is 0 Å². The van der Waals surface area contributed by atoms with Gasteiger partial charge in [-0.3, -0.25) is 0 Å². The average Bonchev–Trinajstić information content (AvgIpc) is 2.99. The molecule has 0 N–H and O–H groups in total. The van der Waals surface area contributed by atoms with Gasteiger partial charge in [0.1, 0.15) is 0 Å². The van der Waals surface area contributed by atoms with Crippen LogP contribution in [-0.2, 0) is 9.47 Å². The summed E-state index contributed by atoms with van der Waals surface area (Å²) in [4.78, 5) is 0. The molecule has 0 amide bonds. The van der Waals surface area contributed by atoms with E-state index in [2.05, 4.69) is 6.92 Å². The summed E-state index contributed by atoms with van der Waals surface area (Å²) >= 11 is 0. The maximum absolute atomic E-state index is 5.82. The molecule has 1 heterocycles. The molecule has 2 spiro atoms. The van der Waals surface area contributed by atoms with Crippen molar-refractivity contribution in [3.63, 3.8) is 0 Å². The second-order valence-corrected chi connectivity index (χ2v) is 5.99. The monoisotopic (exact) mass is 210 g/mol. The molecule has 2 aliphatic carbocycles. The summed E-state index contributed by atoms with van der Waals surface area (Å²) in [6.07, 6.45) is 9.55. The van der Waals surface area contributed by atoms with Gasteiger partial charge in [-0.05, 0) is 43.9 Å². The Kier molecular flexibility index (Phi) is 2.33. The lowest BCUT2D eigenvalue weighted by molar-refractivity contribution is -0.240. The zero-order chi connectivity index (χ0) is 10.4. The quantitative estimate of drug-likeness (QED) is 0.662. The van der Waals surface area contributed by atoms with Crippen LogP contribution in [0.3, 0.4) is 0 Å². The molecule has 86 valence electrons. The van der Waals surface area contributed by atoms with Crippen LogP contribution >= 0.6 is 0 Å². The van der Waals surface area contributed by atoms with E-state index in [1.165, 1.54) is 38.5 Å². The Morgan fingerprint density at radius 2 is 1.67 bits per heavy atom. The van der Waals surface area contributed by atoms with E-state index >= 15 is 0 Å². The molecule has 1 saturated heterocycles. The van der Waals surface area contributed by atoms with E-state index < -0.39 is 0 Å². The van der Waals surface area contributed by atoms with Gasteiger partial charge in [0.05, 0.1) is 13.2 Å². The van der Waals surface area contributed by atoms with Crippen molar-refractivity contribution in [2.45, 2.75) is 58.2 Å². The summed E-state index contributed by atoms with van der Waals surface area (Å²) in [7, 11) is 0. The largest absolute Gasteiger partial charge is 0.352 e. The van der Waals surface area contributed by atoms with Crippen molar-refractivity contribution in [1.29, 1.82) is 0 Å². The van der Waals surface area contributed by atoms with E-state index in [0.717, 1.165) is 25.0 Å². The van der Waals surface area contributed by atoms with Gasteiger partial charge in [-0.25, -0.2) is 0 Å². The molecule has 0 radical (unpaired) electrons. The number of rotatable bonds is 1. The van der Waals surface area contributed by atoms with Crippen molar-refractivity contribution >= 4 is 0 Å². The van der Waals surface area contributed by atoms with Crippen LogP contribution in [0.25, 0.3) is 0 Å². The number of hydrogen-bond acceptors (Lipinski definition) is 2. The van der Waals surface area contributed by atoms with Crippen LogP contribution in [0.1, 0.15) is 51.9 Å². The summed E-state index contributed by atoms with van der Waals surface area (Å²) in [5.74, 6) is 0. The first-order valence-corrected chi connectivity index (χ1v) is 6.49. The molecule has 3 rings (SSSR count). The lowest BCUT2D eigenvalue weighted by Gasteiger charge is -2.45. The van der Waals surface area contributed by atoms with Crippen molar-refractivity contribution in [3.8, 4) is 0 Å². The van der Waals surface area contributed by atoms with E-state index in [1.807, 2.05) is 0 Å². The molecule has 3 aliphatic rings. The summed E-state index contributed by atoms with van der Waals surface area (Å²) in [6, 6.07) is 0. The molecule has 0 unspecified atom stereocenters. The van der Waals surface area contributed by atoms with Crippen LogP contribution in [0.15, 0.2) is 0 Å². The highest BCUT2D eigenvalue weighted by Gasteiger charge is 2.52. The van der Waals surface area contributed by atoms with Gasteiger partial charge in [-0.1, -0.05) is 13.3 Å². The van der Waals surface area contributed by atoms with E-state index in [1.54, 1.807) is 0 Å². The van der Waals surface area contributed by atoms with E-state index in [0.29, 0.717) is 5.41 Å². The molecule has 0 atom stereocenters. The standard InChI is InChI=1S/C13H22O2/c1-2-11-14-9-13(10-15-11)5-3-4-12(8-13)6-7-12/h11H,2-10H2,1H3. The van der Waals surface area contributed by atoms with E-state index in [-0.39, 0.29) is 6.29 Å². The molecule has 2 nitrogen and oxygen atoms in total. The van der Waals surface area contributed by atoms with Gasteiger partial charge in [-0.15, -0.1) is 0 Å². The molecule has 0 aromatic heterocycles. The minimum Gasteiger partial charge on any atom is -0.352 e. The van der Waals surface area contributed by atoms with Gasteiger partial charge >= 0.3 is 0 Å². The van der Waals surface area contributed by atoms with Gasteiger partial charge in [0.2, 0.25) is 0 Å². The minimum absolute atomic E-state index is 0.0766. The maximum atomic E-state index is 5.82. The van der Waals surface area contributed by atoms with Crippen LogP contribution in [0, 0.1) is 10.8 Å². The highest BCUT2D eigenvalue weighted by molar-refractivity contribution is 5.02. The Hall–Kier alpha value is -0.0800. The van der Waals surface area contributed by atoms with Crippen LogP contribution in [0.4, 0.5) is 0 Å². The van der Waals surface area contributed by atoms with Crippen molar-refractivity contribution in [2.24, 2.45) is 10.8 Å². The Morgan fingerprint density at radius 1 is 1.00 bits per heavy atom. The number of hydrogen-bond donors (Lipinski definition) is 0. The van der Waals surface area contributed by atoms with E-state index in [4.69, 9.17) is 9.47 Å². The first-order chi connectivity index (χ1) is 7.26. The fraction of sp³-hybridized carbons (Fsp3) is 1.00. The molecule has 1 aliphatic heterocycles. The molecule has 0 aromatic carbocycles. The highest BCUT2D eigenvalue weighted by atomic mass is 16.7. The summed E-state index contributed by atoms with van der Waals surface area (Å²) in [6.45, 7) is 4.03. The van der Waals surface area contributed by atoms with E-state index in [9.17, 15) is 0 Å². The second-order valence-electron chi connectivity index (χ2n) is 5.99. The predicted molar refractivity (Wildman–Crippen MR) is 58.6 cm³/mol. The van der Waals surface area contributed by atoms with Crippen LogP contribution < -0.4 is 0 Å². The highest BCUT2D eigenvalue weighted by Crippen LogP contribution is 2.61. The lowest BCUT2D eigenvalue weighted by atomic mass is 9.68. The third kappa shape index (κ3) is 1.83. The Balaban J connectivity index is 1.65. The molecule has 3 fully saturated rings. The van der Waals surface area contributed by atoms with Crippen molar-refractivity contribution in [2.75, 3.05) is 13.2 Å². The third-order valence-corrected chi connectivity index (χ3v) is 4.61. The Bertz CT molecular complexity index is 237. The van der Waals surface area contributed by atoms with Crippen molar-refractivity contribution < 1.29 is 9.47 Å². The molecule has 2 heteroatoms.